The first-order chi connectivity index (χ1) is 12.8. The number of aromatic nitrogens is 3. The predicted molar refractivity (Wildman–Crippen MR) is 98.8 cm³/mol. The molecule has 2 unspecified atom stereocenters. The summed E-state index contributed by atoms with van der Waals surface area (Å²) in [5, 5.41) is 4.15. The monoisotopic (exact) mass is 347 g/mol. The summed E-state index contributed by atoms with van der Waals surface area (Å²) in [4.78, 5) is 11.5. The van der Waals surface area contributed by atoms with Gasteiger partial charge in [-0.15, -0.1) is 0 Å². The lowest BCUT2D eigenvalue weighted by atomic mass is 10.0. The summed E-state index contributed by atoms with van der Waals surface area (Å²) in [6.45, 7) is 2.21. The molecular weight excluding hydrogens is 326 g/mol. The van der Waals surface area contributed by atoms with E-state index in [4.69, 9.17) is 10.3 Å². The predicted octanol–water partition coefficient (Wildman–Crippen LogP) is 3.27. The molecule has 3 heterocycles. The molecule has 132 valence electrons. The molecule has 1 saturated heterocycles. The Labute approximate surface area is 152 Å². The molecule has 2 aromatic heterocycles. The van der Waals surface area contributed by atoms with Crippen molar-refractivity contribution in [2.45, 2.75) is 31.2 Å². The third-order valence-electron chi connectivity index (χ3n) is 5.45. The number of pyridine rings is 1. The van der Waals surface area contributed by atoms with Gasteiger partial charge in [-0.2, -0.15) is 4.98 Å². The van der Waals surface area contributed by atoms with Crippen LogP contribution in [0.3, 0.4) is 0 Å². The molecule has 1 aromatic carbocycles. The van der Waals surface area contributed by atoms with E-state index >= 15 is 0 Å². The molecule has 0 bridgehead atoms. The van der Waals surface area contributed by atoms with Crippen LogP contribution in [0.5, 0.6) is 0 Å². The molecular formula is C20H21N5O. The Balaban J connectivity index is 1.41. The highest BCUT2D eigenvalue weighted by atomic mass is 16.5. The Morgan fingerprint density at radius 1 is 1.04 bits per heavy atom. The zero-order chi connectivity index (χ0) is 17.5. The van der Waals surface area contributed by atoms with Crippen molar-refractivity contribution in [2.75, 3.05) is 18.0 Å². The summed E-state index contributed by atoms with van der Waals surface area (Å²) in [6, 6.07) is 12.3. The number of hydrogen-bond donors (Lipinski definition) is 1. The molecule has 2 N–H and O–H groups in total. The molecule has 1 aliphatic heterocycles. The van der Waals surface area contributed by atoms with Gasteiger partial charge in [0.15, 0.2) is 0 Å². The summed E-state index contributed by atoms with van der Waals surface area (Å²) in [6.07, 6.45) is 5.20. The molecule has 2 aliphatic rings. The van der Waals surface area contributed by atoms with Gasteiger partial charge in [0.05, 0.1) is 17.8 Å². The molecule has 0 spiro atoms. The number of fused-ring (bicyclic) bond motifs is 1. The van der Waals surface area contributed by atoms with Crippen LogP contribution in [-0.4, -0.2) is 28.2 Å². The zero-order valence-corrected chi connectivity index (χ0v) is 14.5. The number of hydrogen-bond acceptors (Lipinski definition) is 6. The highest BCUT2D eigenvalue weighted by Crippen LogP contribution is 2.42. The van der Waals surface area contributed by atoms with Gasteiger partial charge in [0.25, 0.3) is 0 Å². The number of nitrogens with zero attached hydrogens (tertiary/aromatic N) is 4. The Morgan fingerprint density at radius 3 is 2.62 bits per heavy atom. The second-order valence-electron chi connectivity index (χ2n) is 7.08. The summed E-state index contributed by atoms with van der Waals surface area (Å²) in [5.41, 5.74) is 10.5. The Morgan fingerprint density at radius 2 is 1.85 bits per heavy atom. The molecule has 0 amide bonds. The van der Waals surface area contributed by atoms with Crippen LogP contribution in [0.1, 0.15) is 48.2 Å². The number of anilines is 1. The van der Waals surface area contributed by atoms with Gasteiger partial charge < -0.3 is 15.2 Å². The lowest BCUT2D eigenvalue weighted by Gasteiger charge is -2.16. The Kier molecular flexibility index (Phi) is 3.71. The third-order valence-corrected chi connectivity index (χ3v) is 5.45. The summed E-state index contributed by atoms with van der Waals surface area (Å²) in [5.74, 6) is 1.21. The molecule has 1 fully saturated rings. The van der Waals surface area contributed by atoms with Gasteiger partial charge in [-0.05, 0) is 42.5 Å². The van der Waals surface area contributed by atoms with Crippen LogP contribution >= 0.6 is 0 Å². The molecule has 6 heteroatoms. The average Bonchev–Trinajstić information content (AvgIpc) is 3.43. The summed E-state index contributed by atoms with van der Waals surface area (Å²) in [7, 11) is 0. The van der Waals surface area contributed by atoms with Crippen molar-refractivity contribution in [3.63, 3.8) is 0 Å². The minimum absolute atomic E-state index is 0.0180. The third kappa shape index (κ3) is 2.57. The lowest BCUT2D eigenvalue weighted by molar-refractivity contribution is 0.362. The van der Waals surface area contributed by atoms with Gasteiger partial charge in [0, 0.05) is 19.1 Å². The van der Waals surface area contributed by atoms with Crippen LogP contribution in [0.25, 0.3) is 11.5 Å². The second-order valence-corrected chi connectivity index (χ2v) is 7.08. The van der Waals surface area contributed by atoms with E-state index in [1.165, 1.54) is 24.0 Å². The highest BCUT2D eigenvalue weighted by Gasteiger charge is 2.33. The van der Waals surface area contributed by atoms with Crippen molar-refractivity contribution < 1.29 is 4.52 Å². The maximum Gasteiger partial charge on any atom is 0.234 e. The fourth-order valence-electron chi connectivity index (χ4n) is 4.07. The molecule has 0 radical (unpaired) electrons. The molecule has 2 atom stereocenters. The smallest absolute Gasteiger partial charge is 0.234 e. The Hall–Kier alpha value is -2.73. The highest BCUT2D eigenvalue weighted by molar-refractivity contribution is 5.55. The van der Waals surface area contributed by atoms with Gasteiger partial charge in [0.1, 0.15) is 5.69 Å². The number of nitrogens with two attached hydrogens (primary N) is 1. The van der Waals surface area contributed by atoms with Crippen molar-refractivity contribution in [1.29, 1.82) is 0 Å². The quantitative estimate of drug-likeness (QED) is 0.783. The molecule has 5 rings (SSSR count). The van der Waals surface area contributed by atoms with E-state index in [-0.39, 0.29) is 12.0 Å². The minimum Gasteiger partial charge on any atom is -0.370 e. The molecule has 3 aromatic rings. The first-order valence-electron chi connectivity index (χ1n) is 9.19. The van der Waals surface area contributed by atoms with Gasteiger partial charge in [-0.1, -0.05) is 29.4 Å². The van der Waals surface area contributed by atoms with Gasteiger partial charge in [-0.3, -0.25) is 4.98 Å². The van der Waals surface area contributed by atoms with Crippen molar-refractivity contribution in [3.05, 3.63) is 59.6 Å². The Bertz CT molecular complexity index is 914. The van der Waals surface area contributed by atoms with E-state index in [2.05, 4.69) is 38.2 Å². The first-order valence-corrected chi connectivity index (χ1v) is 9.19. The largest absolute Gasteiger partial charge is 0.370 e. The van der Waals surface area contributed by atoms with E-state index in [0.717, 1.165) is 30.9 Å². The summed E-state index contributed by atoms with van der Waals surface area (Å²) >= 11 is 0. The van der Waals surface area contributed by atoms with Crippen LogP contribution in [0.15, 0.2) is 47.1 Å². The standard InChI is InChI=1S/C20H21N5O/c21-17-11-16(14-5-1-2-6-15(14)17)20-23-19(24-26-20)18-8-7-13(12-22-18)25-9-3-4-10-25/h1-2,5-8,12,16-17H,3-4,9-11,21H2. The van der Waals surface area contributed by atoms with Crippen molar-refractivity contribution >= 4 is 5.69 Å². The van der Waals surface area contributed by atoms with Crippen molar-refractivity contribution in [2.24, 2.45) is 5.73 Å². The SMILES string of the molecule is NC1CC(c2nc(-c3ccc(N4CCCC4)cn3)no2)c2ccccc21. The lowest BCUT2D eigenvalue weighted by Crippen LogP contribution is -2.17. The van der Waals surface area contributed by atoms with E-state index in [0.29, 0.717) is 11.7 Å². The zero-order valence-electron chi connectivity index (χ0n) is 14.5. The van der Waals surface area contributed by atoms with Gasteiger partial charge in [-0.25, -0.2) is 0 Å². The fraction of sp³-hybridized carbons (Fsp3) is 0.350. The molecule has 6 nitrogen and oxygen atoms in total. The van der Waals surface area contributed by atoms with Crippen LogP contribution in [-0.2, 0) is 0 Å². The number of benzene rings is 1. The van der Waals surface area contributed by atoms with Gasteiger partial charge in [0.2, 0.25) is 11.7 Å². The summed E-state index contributed by atoms with van der Waals surface area (Å²) < 4.78 is 5.57. The topological polar surface area (TPSA) is 81.1 Å². The minimum atomic E-state index is 0.0180. The molecule has 0 saturated carbocycles. The average molecular weight is 347 g/mol. The molecule has 1 aliphatic carbocycles. The van der Waals surface area contributed by atoms with E-state index < -0.39 is 0 Å². The second kappa shape index (κ2) is 6.21. The van der Waals surface area contributed by atoms with Crippen LogP contribution < -0.4 is 10.6 Å². The van der Waals surface area contributed by atoms with E-state index in [9.17, 15) is 0 Å². The fourth-order valence-corrected chi connectivity index (χ4v) is 4.07. The first kappa shape index (κ1) is 15.5. The van der Waals surface area contributed by atoms with E-state index in [1.807, 2.05) is 24.4 Å². The van der Waals surface area contributed by atoms with E-state index in [1.54, 1.807) is 0 Å². The van der Waals surface area contributed by atoms with Gasteiger partial charge >= 0.3 is 0 Å². The maximum absolute atomic E-state index is 6.26. The normalized spacial score (nSPS) is 22.0. The van der Waals surface area contributed by atoms with Crippen molar-refractivity contribution in [1.82, 2.24) is 15.1 Å². The van der Waals surface area contributed by atoms with Crippen LogP contribution in [0.4, 0.5) is 5.69 Å². The van der Waals surface area contributed by atoms with Crippen molar-refractivity contribution in [3.8, 4) is 11.5 Å². The molecule has 26 heavy (non-hydrogen) atoms. The van der Waals surface area contributed by atoms with Crippen LogP contribution in [0.2, 0.25) is 0 Å². The number of rotatable bonds is 3. The maximum atomic E-state index is 6.26. The van der Waals surface area contributed by atoms with Crippen LogP contribution in [0, 0.1) is 0 Å².